The Morgan fingerprint density at radius 1 is 1.12 bits per heavy atom. The highest BCUT2D eigenvalue weighted by Crippen LogP contribution is 2.38. The number of hydrogen-bond donors (Lipinski definition) is 1. The second-order valence-corrected chi connectivity index (χ2v) is 6.73. The lowest BCUT2D eigenvalue weighted by atomic mass is 10.0. The summed E-state index contributed by atoms with van der Waals surface area (Å²) in [6.45, 7) is 2.49. The molecule has 0 fully saturated rings. The standard InChI is InChI=1S/C20H16F2N4/c1-11-7-14(16(22)9-15(11)21)19-20(26-6-2-3-18(26)24-19)12-4-5-17-13(8-12)10-23-25-17/h4-5,7-10H,2-3,6H2,1H3,(H,23,25). The van der Waals surface area contributed by atoms with Crippen LogP contribution < -0.4 is 0 Å². The van der Waals surface area contributed by atoms with Gasteiger partial charge in [-0.15, -0.1) is 0 Å². The number of imidazole rings is 1. The lowest BCUT2D eigenvalue weighted by Gasteiger charge is -2.10. The molecule has 0 bridgehead atoms. The summed E-state index contributed by atoms with van der Waals surface area (Å²) in [4.78, 5) is 4.71. The number of rotatable bonds is 2. The van der Waals surface area contributed by atoms with E-state index < -0.39 is 11.6 Å². The van der Waals surface area contributed by atoms with Crippen molar-refractivity contribution in [3.63, 3.8) is 0 Å². The van der Waals surface area contributed by atoms with Crippen LogP contribution in [0.5, 0.6) is 0 Å². The summed E-state index contributed by atoms with van der Waals surface area (Å²) in [6.07, 6.45) is 3.65. The van der Waals surface area contributed by atoms with Crippen molar-refractivity contribution >= 4 is 10.9 Å². The molecule has 3 heterocycles. The average Bonchev–Trinajstić information content (AvgIpc) is 3.32. The second kappa shape index (κ2) is 5.49. The Morgan fingerprint density at radius 2 is 2.00 bits per heavy atom. The van der Waals surface area contributed by atoms with E-state index in [2.05, 4.69) is 14.8 Å². The minimum atomic E-state index is -0.587. The first-order valence-corrected chi connectivity index (χ1v) is 8.61. The largest absolute Gasteiger partial charge is 0.327 e. The Kier molecular flexibility index (Phi) is 3.22. The maximum Gasteiger partial charge on any atom is 0.135 e. The summed E-state index contributed by atoms with van der Waals surface area (Å²) >= 11 is 0. The van der Waals surface area contributed by atoms with Crippen LogP contribution in [0.1, 0.15) is 17.8 Å². The maximum absolute atomic E-state index is 14.6. The van der Waals surface area contributed by atoms with Crippen LogP contribution in [0, 0.1) is 18.6 Å². The molecule has 2 aromatic carbocycles. The molecule has 1 N–H and O–H groups in total. The fourth-order valence-electron chi connectivity index (χ4n) is 3.74. The van der Waals surface area contributed by atoms with Crippen LogP contribution in [0.25, 0.3) is 33.4 Å². The van der Waals surface area contributed by atoms with Crippen molar-refractivity contribution in [2.45, 2.75) is 26.3 Å². The maximum atomic E-state index is 14.6. The summed E-state index contributed by atoms with van der Waals surface area (Å²) in [7, 11) is 0. The predicted octanol–water partition coefficient (Wildman–Crippen LogP) is 4.63. The van der Waals surface area contributed by atoms with E-state index in [9.17, 15) is 8.78 Å². The van der Waals surface area contributed by atoms with Crippen molar-refractivity contribution in [2.24, 2.45) is 0 Å². The molecule has 0 spiro atoms. The second-order valence-electron chi connectivity index (χ2n) is 6.73. The Balaban J connectivity index is 1.78. The van der Waals surface area contributed by atoms with E-state index in [1.54, 1.807) is 19.2 Å². The molecular weight excluding hydrogens is 334 g/mol. The van der Waals surface area contributed by atoms with Gasteiger partial charge in [0.25, 0.3) is 0 Å². The number of benzene rings is 2. The third kappa shape index (κ3) is 2.18. The fourth-order valence-corrected chi connectivity index (χ4v) is 3.74. The summed E-state index contributed by atoms with van der Waals surface area (Å²) in [5.41, 5.74) is 4.10. The summed E-state index contributed by atoms with van der Waals surface area (Å²) in [5, 5.41) is 7.99. The molecule has 4 nitrogen and oxygen atoms in total. The summed E-state index contributed by atoms with van der Waals surface area (Å²) in [5.74, 6) is -0.182. The third-order valence-electron chi connectivity index (χ3n) is 5.05. The van der Waals surface area contributed by atoms with Crippen molar-refractivity contribution in [2.75, 3.05) is 0 Å². The zero-order valence-corrected chi connectivity index (χ0v) is 14.2. The zero-order valence-electron chi connectivity index (χ0n) is 14.2. The third-order valence-corrected chi connectivity index (χ3v) is 5.05. The van der Waals surface area contributed by atoms with Crippen LogP contribution in [0.2, 0.25) is 0 Å². The van der Waals surface area contributed by atoms with Gasteiger partial charge in [0.1, 0.15) is 17.5 Å². The van der Waals surface area contributed by atoms with Gasteiger partial charge in [-0.1, -0.05) is 6.07 Å². The van der Waals surface area contributed by atoms with Crippen molar-refractivity contribution in [1.29, 1.82) is 0 Å². The van der Waals surface area contributed by atoms with Crippen LogP contribution in [0.3, 0.4) is 0 Å². The number of hydrogen-bond acceptors (Lipinski definition) is 2. The molecule has 0 saturated heterocycles. The van der Waals surface area contributed by atoms with E-state index in [0.717, 1.165) is 53.4 Å². The number of aromatic nitrogens is 4. The van der Waals surface area contributed by atoms with Gasteiger partial charge in [0.15, 0.2) is 0 Å². The first kappa shape index (κ1) is 15.3. The van der Waals surface area contributed by atoms with E-state index in [-0.39, 0.29) is 0 Å². The molecule has 0 atom stereocenters. The minimum Gasteiger partial charge on any atom is -0.327 e. The van der Waals surface area contributed by atoms with Crippen LogP contribution in [0.15, 0.2) is 36.5 Å². The highest BCUT2D eigenvalue weighted by atomic mass is 19.1. The molecule has 0 amide bonds. The topological polar surface area (TPSA) is 46.5 Å². The average molecular weight is 350 g/mol. The van der Waals surface area contributed by atoms with Crippen molar-refractivity contribution in [1.82, 2.24) is 19.7 Å². The molecule has 130 valence electrons. The number of halogens is 2. The molecule has 5 rings (SSSR count). The fraction of sp³-hybridized carbons (Fsp3) is 0.200. The Bertz CT molecular complexity index is 1160. The van der Waals surface area contributed by atoms with Gasteiger partial charge in [0.2, 0.25) is 0 Å². The zero-order chi connectivity index (χ0) is 17.8. The monoisotopic (exact) mass is 350 g/mol. The van der Waals surface area contributed by atoms with Gasteiger partial charge in [0, 0.05) is 35.5 Å². The van der Waals surface area contributed by atoms with E-state index in [4.69, 9.17) is 4.98 Å². The molecule has 6 heteroatoms. The first-order chi connectivity index (χ1) is 12.6. The van der Waals surface area contributed by atoms with Gasteiger partial charge in [-0.2, -0.15) is 5.10 Å². The molecular formula is C20H16F2N4. The molecule has 2 aromatic heterocycles. The minimum absolute atomic E-state index is 0.341. The van der Waals surface area contributed by atoms with Crippen LogP contribution in [0.4, 0.5) is 8.78 Å². The van der Waals surface area contributed by atoms with Gasteiger partial charge in [0.05, 0.1) is 23.1 Å². The molecule has 0 unspecified atom stereocenters. The normalized spacial score (nSPS) is 13.5. The molecule has 0 aliphatic carbocycles. The number of H-pyrrole nitrogens is 1. The molecule has 0 radical (unpaired) electrons. The van der Waals surface area contributed by atoms with Crippen LogP contribution >= 0.6 is 0 Å². The van der Waals surface area contributed by atoms with Gasteiger partial charge >= 0.3 is 0 Å². The Hall–Kier alpha value is -3.02. The summed E-state index contributed by atoms with van der Waals surface area (Å²) in [6, 6.07) is 8.46. The van der Waals surface area contributed by atoms with E-state index in [1.165, 1.54) is 0 Å². The molecule has 26 heavy (non-hydrogen) atoms. The van der Waals surface area contributed by atoms with Crippen molar-refractivity contribution < 1.29 is 8.78 Å². The van der Waals surface area contributed by atoms with Gasteiger partial charge < -0.3 is 4.57 Å². The van der Waals surface area contributed by atoms with Crippen LogP contribution in [-0.4, -0.2) is 19.7 Å². The van der Waals surface area contributed by atoms with E-state index >= 15 is 0 Å². The molecule has 4 aromatic rings. The number of aryl methyl sites for hydroxylation is 2. The number of nitrogens with one attached hydrogen (secondary N) is 1. The SMILES string of the molecule is Cc1cc(-c2nc3n(c2-c2ccc4[nH]ncc4c2)CCC3)c(F)cc1F. The van der Waals surface area contributed by atoms with E-state index in [0.29, 0.717) is 16.8 Å². The van der Waals surface area contributed by atoms with Gasteiger partial charge in [-0.05, 0) is 37.1 Å². The molecule has 0 saturated carbocycles. The first-order valence-electron chi connectivity index (χ1n) is 8.61. The van der Waals surface area contributed by atoms with Crippen LogP contribution in [-0.2, 0) is 13.0 Å². The number of aromatic amines is 1. The number of fused-ring (bicyclic) bond motifs is 2. The Labute approximate surface area is 148 Å². The summed E-state index contributed by atoms with van der Waals surface area (Å²) < 4.78 is 30.4. The molecule has 1 aliphatic heterocycles. The smallest absolute Gasteiger partial charge is 0.135 e. The molecule has 1 aliphatic rings. The highest BCUT2D eigenvalue weighted by molar-refractivity contribution is 5.87. The van der Waals surface area contributed by atoms with Crippen molar-refractivity contribution in [3.8, 4) is 22.5 Å². The lowest BCUT2D eigenvalue weighted by Crippen LogP contribution is -1.97. The lowest BCUT2D eigenvalue weighted by molar-refractivity contribution is 0.579. The highest BCUT2D eigenvalue weighted by Gasteiger charge is 2.25. The van der Waals surface area contributed by atoms with Gasteiger partial charge in [-0.3, -0.25) is 5.10 Å². The van der Waals surface area contributed by atoms with Gasteiger partial charge in [-0.25, -0.2) is 13.8 Å². The predicted molar refractivity (Wildman–Crippen MR) is 95.7 cm³/mol. The van der Waals surface area contributed by atoms with Crippen molar-refractivity contribution in [3.05, 3.63) is 59.6 Å². The number of nitrogens with zero attached hydrogens (tertiary/aromatic N) is 3. The quantitative estimate of drug-likeness (QED) is 0.573. The Morgan fingerprint density at radius 3 is 2.88 bits per heavy atom. The van der Waals surface area contributed by atoms with E-state index in [1.807, 2.05) is 18.2 Å².